The predicted octanol–water partition coefficient (Wildman–Crippen LogP) is 1.73. The van der Waals surface area contributed by atoms with Gasteiger partial charge in [0.15, 0.2) is 0 Å². The molecule has 21 heavy (non-hydrogen) atoms. The zero-order valence-electron chi connectivity index (χ0n) is 11.7. The van der Waals surface area contributed by atoms with Crippen LogP contribution in [-0.4, -0.2) is 21.1 Å². The maximum atomic E-state index is 12.4. The molecular formula is C15H18N4OS. The predicted molar refractivity (Wildman–Crippen MR) is 85.6 cm³/mol. The number of thiocarbonyl (C=S) groups is 1. The second kappa shape index (κ2) is 6.99. The molecule has 0 saturated heterocycles. The van der Waals surface area contributed by atoms with Crippen molar-refractivity contribution in [3.05, 3.63) is 53.9 Å². The molecule has 0 fully saturated rings. The van der Waals surface area contributed by atoms with Gasteiger partial charge in [0.1, 0.15) is 0 Å². The molecule has 2 unspecified atom stereocenters. The smallest absolute Gasteiger partial charge is 0.230 e. The first-order valence-corrected chi connectivity index (χ1v) is 7.11. The van der Waals surface area contributed by atoms with Crippen molar-refractivity contribution in [3.8, 4) is 0 Å². The van der Waals surface area contributed by atoms with Gasteiger partial charge >= 0.3 is 0 Å². The fourth-order valence-corrected chi connectivity index (χ4v) is 2.26. The van der Waals surface area contributed by atoms with Gasteiger partial charge in [-0.2, -0.15) is 5.10 Å². The molecule has 1 heterocycles. The Morgan fingerprint density at radius 1 is 1.43 bits per heavy atom. The van der Waals surface area contributed by atoms with Crippen molar-refractivity contribution in [2.24, 2.45) is 11.7 Å². The van der Waals surface area contributed by atoms with Crippen LogP contribution in [0.3, 0.4) is 0 Å². The minimum absolute atomic E-state index is 0.149. The minimum atomic E-state index is -0.517. The first-order valence-electron chi connectivity index (χ1n) is 6.70. The summed E-state index contributed by atoms with van der Waals surface area (Å²) in [5.41, 5.74) is 7.67. The number of aromatic amines is 1. The standard InChI is InChI=1S/C15H18N4OS/c1-10(12-8-17-18-9-12)19-15(20)13(14(16)21)7-11-5-3-2-4-6-11/h2-6,8-10,13H,7H2,1H3,(H2,16,21)(H,17,18)(H,19,20). The Bertz CT molecular complexity index is 597. The lowest BCUT2D eigenvalue weighted by Gasteiger charge is -2.19. The van der Waals surface area contributed by atoms with Crippen LogP contribution in [0.4, 0.5) is 0 Å². The van der Waals surface area contributed by atoms with E-state index < -0.39 is 5.92 Å². The third-order valence-electron chi connectivity index (χ3n) is 3.32. The molecule has 0 aliphatic heterocycles. The zero-order chi connectivity index (χ0) is 15.2. The highest BCUT2D eigenvalue weighted by molar-refractivity contribution is 7.80. The van der Waals surface area contributed by atoms with Gasteiger partial charge < -0.3 is 11.1 Å². The SMILES string of the molecule is CC(NC(=O)C(Cc1ccccc1)C(N)=S)c1cn[nH]c1. The topological polar surface area (TPSA) is 83.8 Å². The minimum Gasteiger partial charge on any atom is -0.393 e. The number of aromatic nitrogens is 2. The van der Waals surface area contributed by atoms with Gasteiger partial charge in [0.05, 0.1) is 23.1 Å². The van der Waals surface area contributed by atoms with Crippen LogP contribution < -0.4 is 11.1 Å². The van der Waals surface area contributed by atoms with Crippen molar-refractivity contribution in [2.75, 3.05) is 0 Å². The fourth-order valence-electron chi connectivity index (χ4n) is 2.07. The monoisotopic (exact) mass is 302 g/mol. The molecule has 6 heteroatoms. The second-order valence-corrected chi connectivity index (χ2v) is 5.38. The van der Waals surface area contributed by atoms with E-state index in [-0.39, 0.29) is 16.9 Å². The van der Waals surface area contributed by atoms with Crippen LogP contribution in [0.25, 0.3) is 0 Å². The number of hydrogen-bond donors (Lipinski definition) is 3. The van der Waals surface area contributed by atoms with Crippen LogP contribution in [-0.2, 0) is 11.2 Å². The number of rotatable bonds is 6. The highest BCUT2D eigenvalue weighted by atomic mass is 32.1. The maximum absolute atomic E-state index is 12.4. The molecule has 0 aliphatic rings. The maximum Gasteiger partial charge on any atom is 0.230 e. The van der Waals surface area contributed by atoms with Gasteiger partial charge in [0.2, 0.25) is 5.91 Å². The van der Waals surface area contributed by atoms with E-state index in [0.717, 1.165) is 11.1 Å². The Kier molecular flexibility index (Phi) is 5.05. The van der Waals surface area contributed by atoms with E-state index in [1.165, 1.54) is 0 Å². The number of H-pyrrole nitrogens is 1. The molecule has 110 valence electrons. The molecule has 2 atom stereocenters. The molecule has 2 rings (SSSR count). The fraction of sp³-hybridized carbons (Fsp3) is 0.267. The summed E-state index contributed by atoms with van der Waals surface area (Å²) in [4.78, 5) is 12.6. The molecule has 0 bridgehead atoms. The highest BCUT2D eigenvalue weighted by Gasteiger charge is 2.23. The molecule has 0 spiro atoms. The summed E-state index contributed by atoms with van der Waals surface area (Å²) in [6.45, 7) is 1.89. The van der Waals surface area contributed by atoms with E-state index in [1.807, 2.05) is 37.3 Å². The normalized spacial score (nSPS) is 13.4. The summed E-state index contributed by atoms with van der Waals surface area (Å²) in [5.74, 6) is -0.684. The van der Waals surface area contributed by atoms with Gasteiger partial charge in [-0.3, -0.25) is 9.89 Å². The van der Waals surface area contributed by atoms with Crippen LogP contribution >= 0.6 is 12.2 Å². The van der Waals surface area contributed by atoms with Crippen LogP contribution in [0, 0.1) is 5.92 Å². The summed E-state index contributed by atoms with van der Waals surface area (Å²) in [6, 6.07) is 9.55. The van der Waals surface area contributed by atoms with Crippen molar-refractivity contribution in [2.45, 2.75) is 19.4 Å². The van der Waals surface area contributed by atoms with Crippen molar-refractivity contribution in [1.29, 1.82) is 0 Å². The van der Waals surface area contributed by atoms with Gasteiger partial charge in [-0.05, 0) is 18.9 Å². The summed E-state index contributed by atoms with van der Waals surface area (Å²) in [5, 5.41) is 9.51. The van der Waals surface area contributed by atoms with Gasteiger partial charge in [-0.15, -0.1) is 0 Å². The number of benzene rings is 1. The van der Waals surface area contributed by atoms with E-state index in [0.29, 0.717) is 6.42 Å². The van der Waals surface area contributed by atoms with Crippen molar-refractivity contribution >= 4 is 23.1 Å². The molecular weight excluding hydrogens is 284 g/mol. The van der Waals surface area contributed by atoms with Crippen molar-refractivity contribution in [1.82, 2.24) is 15.5 Å². The van der Waals surface area contributed by atoms with E-state index in [4.69, 9.17) is 18.0 Å². The van der Waals surface area contributed by atoms with Crippen LogP contribution in [0.2, 0.25) is 0 Å². The lowest BCUT2D eigenvalue weighted by atomic mass is 9.98. The molecule has 1 aromatic carbocycles. The number of amides is 1. The average molecular weight is 302 g/mol. The van der Waals surface area contributed by atoms with Gasteiger partial charge in [-0.1, -0.05) is 42.5 Å². The van der Waals surface area contributed by atoms with E-state index in [1.54, 1.807) is 12.4 Å². The van der Waals surface area contributed by atoms with Gasteiger partial charge in [0, 0.05) is 11.8 Å². The summed E-state index contributed by atoms with van der Waals surface area (Å²) in [6.07, 6.45) is 3.93. The van der Waals surface area contributed by atoms with Crippen molar-refractivity contribution in [3.63, 3.8) is 0 Å². The highest BCUT2D eigenvalue weighted by Crippen LogP contribution is 2.14. The Morgan fingerprint density at radius 3 is 2.71 bits per heavy atom. The number of carbonyl (C=O) groups is 1. The van der Waals surface area contributed by atoms with Crippen LogP contribution in [0.15, 0.2) is 42.7 Å². The quantitative estimate of drug-likeness (QED) is 0.710. The first-order chi connectivity index (χ1) is 10.1. The van der Waals surface area contributed by atoms with Crippen LogP contribution in [0.5, 0.6) is 0 Å². The Labute approximate surface area is 128 Å². The first kappa shape index (κ1) is 15.2. The zero-order valence-corrected chi connectivity index (χ0v) is 12.6. The molecule has 0 radical (unpaired) electrons. The third kappa shape index (κ3) is 4.13. The van der Waals surface area contributed by atoms with Gasteiger partial charge in [-0.25, -0.2) is 0 Å². The summed E-state index contributed by atoms with van der Waals surface area (Å²) < 4.78 is 0. The number of nitrogens with one attached hydrogen (secondary N) is 2. The molecule has 1 aromatic heterocycles. The molecule has 2 aromatic rings. The number of carbonyl (C=O) groups excluding carboxylic acids is 1. The number of nitrogens with zero attached hydrogens (tertiary/aromatic N) is 1. The number of hydrogen-bond acceptors (Lipinski definition) is 3. The molecule has 1 amide bonds. The largest absolute Gasteiger partial charge is 0.393 e. The Hall–Kier alpha value is -2.21. The summed E-state index contributed by atoms with van der Waals surface area (Å²) >= 11 is 5.04. The Morgan fingerprint density at radius 2 is 2.14 bits per heavy atom. The molecule has 5 nitrogen and oxygen atoms in total. The average Bonchev–Trinajstić information content (AvgIpc) is 2.99. The second-order valence-electron chi connectivity index (χ2n) is 4.91. The number of nitrogens with two attached hydrogens (primary N) is 1. The van der Waals surface area contributed by atoms with E-state index in [2.05, 4.69) is 15.5 Å². The van der Waals surface area contributed by atoms with E-state index in [9.17, 15) is 4.79 Å². The third-order valence-corrected chi connectivity index (χ3v) is 3.61. The Balaban J connectivity index is 2.04. The lowest BCUT2D eigenvalue weighted by molar-refractivity contribution is -0.123. The van der Waals surface area contributed by atoms with Crippen molar-refractivity contribution < 1.29 is 4.79 Å². The summed E-state index contributed by atoms with van der Waals surface area (Å²) in [7, 11) is 0. The van der Waals surface area contributed by atoms with E-state index >= 15 is 0 Å². The molecule has 4 N–H and O–H groups in total. The van der Waals surface area contributed by atoms with Gasteiger partial charge in [0.25, 0.3) is 0 Å². The lowest BCUT2D eigenvalue weighted by Crippen LogP contribution is -2.40. The molecule has 0 saturated carbocycles. The molecule has 0 aliphatic carbocycles. The van der Waals surface area contributed by atoms with Crippen LogP contribution in [0.1, 0.15) is 24.1 Å².